The van der Waals surface area contributed by atoms with E-state index < -0.39 is 6.10 Å². The number of rotatable bonds is 40. The molecule has 0 heterocycles. The van der Waals surface area contributed by atoms with E-state index in [4.69, 9.17) is 9.47 Å². The lowest BCUT2D eigenvalue weighted by Crippen LogP contribution is -2.27. The Hall–Kier alpha value is -1.13. The summed E-state index contributed by atoms with van der Waals surface area (Å²) in [5, 5.41) is 9.59. The van der Waals surface area contributed by atoms with Gasteiger partial charge in [-0.05, 0) is 44.9 Å². The fourth-order valence-corrected chi connectivity index (χ4v) is 6.30. The molecule has 4 heteroatoms. The molecule has 0 fully saturated rings. The molecule has 0 aliphatic rings. The van der Waals surface area contributed by atoms with Gasteiger partial charge in [-0.15, -0.1) is 0 Å². The maximum atomic E-state index is 12.2. The van der Waals surface area contributed by atoms with Gasteiger partial charge in [0.05, 0.1) is 13.2 Å². The SMILES string of the molecule is CCCCC/C=C\C/C=C\CCCCCCCC(=O)OC(CO)COCCCCCCCCCCCCCCCCCCCCCCC. The van der Waals surface area contributed by atoms with Crippen LogP contribution in [0.15, 0.2) is 24.3 Å². The van der Waals surface area contributed by atoms with Gasteiger partial charge in [-0.3, -0.25) is 4.79 Å². The molecule has 0 saturated carbocycles. The second-order valence-corrected chi connectivity index (χ2v) is 14.4. The van der Waals surface area contributed by atoms with Crippen molar-refractivity contribution in [2.45, 2.75) is 232 Å². The Bertz CT molecular complexity index is 673. The summed E-state index contributed by atoms with van der Waals surface area (Å²) in [4.78, 5) is 12.2. The summed E-state index contributed by atoms with van der Waals surface area (Å²) >= 11 is 0. The summed E-state index contributed by atoms with van der Waals surface area (Å²) in [5.74, 6) is -0.211. The van der Waals surface area contributed by atoms with Crippen molar-refractivity contribution in [1.82, 2.24) is 0 Å². The number of carbonyl (C=O) groups excluding carboxylic acids is 1. The molecule has 0 aromatic carbocycles. The lowest BCUT2D eigenvalue weighted by molar-refractivity contribution is -0.154. The van der Waals surface area contributed by atoms with Gasteiger partial charge < -0.3 is 14.6 Å². The van der Waals surface area contributed by atoms with Gasteiger partial charge in [-0.1, -0.05) is 199 Å². The van der Waals surface area contributed by atoms with E-state index in [9.17, 15) is 9.90 Å². The lowest BCUT2D eigenvalue weighted by atomic mass is 10.0. The van der Waals surface area contributed by atoms with Crippen LogP contribution in [0.2, 0.25) is 0 Å². The molecule has 0 saturated heterocycles. The molecule has 0 aliphatic carbocycles. The molecule has 1 atom stereocenters. The summed E-state index contributed by atoms with van der Waals surface area (Å²) in [6.45, 7) is 5.34. The maximum absolute atomic E-state index is 12.2. The molecule has 0 aromatic rings. The van der Waals surface area contributed by atoms with Crippen molar-refractivity contribution in [3.8, 4) is 0 Å². The fraction of sp³-hybridized carbons (Fsp3) is 0.886. The first-order chi connectivity index (χ1) is 23.7. The molecule has 0 spiro atoms. The minimum Gasteiger partial charge on any atom is -0.457 e. The van der Waals surface area contributed by atoms with Crippen molar-refractivity contribution in [3.63, 3.8) is 0 Å². The van der Waals surface area contributed by atoms with Crippen LogP contribution in [0.5, 0.6) is 0 Å². The lowest BCUT2D eigenvalue weighted by Gasteiger charge is -2.15. The number of allylic oxidation sites excluding steroid dienone is 4. The van der Waals surface area contributed by atoms with Crippen LogP contribution in [0.4, 0.5) is 0 Å². The summed E-state index contributed by atoms with van der Waals surface area (Å²) in [5.41, 5.74) is 0. The van der Waals surface area contributed by atoms with Crippen LogP contribution in [0.1, 0.15) is 226 Å². The van der Waals surface area contributed by atoms with Crippen LogP contribution in [0.3, 0.4) is 0 Å². The number of hydrogen-bond donors (Lipinski definition) is 1. The largest absolute Gasteiger partial charge is 0.457 e. The third kappa shape index (κ3) is 39.3. The predicted octanol–water partition coefficient (Wildman–Crippen LogP) is 13.9. The Morgan fingerprint density at radius 2 is 0.875 bits per heavy atom. The third-order valence-corrected chi connectivity index (χ3v) is 9.53. The Morgan fingerprint density at radius 3 is 1.33 bits per heavy atom. The molecule has 0 aliphatic heterocycles. The number of ether oxygens (including phenoxy) is 2. The predicted molar refractivity (Wildman–Crippen MR) is 210 cm³/mol. The first kappa shape index (κ1) is 46.9. The van der Waals surface area contributed by atoms with Crippen molar-refractivity contribution >= 4 is 5.97 Å². The van der Waals surface area contributed by atoms with Crippen LogP contribution in [0.25, 0.3) is 0 Å². The molecule has 1 unspecified atom stereocenters. The van der Waals surface area contributed by atoms with E-state index in [0.717, 1.165) is 38.5 Å². The van der Waals surface area contributed by atoms with Crippen LogP contribution in [0, 0.1) is 0 Å². The number of aliphatic hydroxyl groups is 1. The Morgan fingerprint density at radius 1 is 0.500 bits per heavy atom. The Kier molecular flexibility index (Phi) is 41.0. The van der Waals surface area contributed by atoms with Gasteiger partial charge in [-0.2, -0.15) is 0 Å². The topological polar surface area (TPSA) is 55.8 Å². The quantitative estimate of drug-likeness (QED) is 0.0399. The molecule has 0 aromatic heterocycles. The molecule has 1 N–H and O–H groups in total. The number of esters is 1. The van der Waals surface area contributed by atoms with Crippen molar-refractivity contribution < 1.29 is 19.4 Å². The van der Waals surface area contributed by atoms with Crippen LogP contribution < -0.4 is 0 Å². The van der Waals surface area contributed by atoms with Gasteiger partial charge in [0.25, 0.3) is 0 Å². The molecule has 0 radical (unpaired) electrons. The highest BCUT2D eigenvalue weighted by molar-refractivity contribution is 5.69. The highest BCUT2D eigenvalue weighted by atomic mass is 16.6. The first-order valence-corrected chi connectivity index (χ1v) is 21.4. The van der Waals surface area contributed by atoms with E-state index in [1.807, 2.05) is 0 Å². The first-order valence-electron chi connectivity index (χ1n) is 21.4. The second kappa shape index (κ2) is 42.0. The van der Waals surface area contributed by atoms with Crippen molar-refractivity contribution in [2.75, 3.05) is 19.8 Å². The standard InChI is InChI=1S/C44H84O4/c1-3-5-7-9-11-13-15-17-19-20-21-22-23-24-26-28-30-32-34-36-38-40-47-42-43(41-45)48-44(46)39-37-35-33-31-29-27-25-18-16-14-12-10-8-6-4-2/h12,14,18,25,43,45H,3-11,13,15-17,19-24,26-42H2,1-2H3/b14-12-,25-18-. The van der Waals surface area contributed by atoms with E-state index >= 15 is 0 Å². The summed E-state index contributed by atoms with van der Waals surface area (Å²) in [6, 6.07) is 0. The molecule has 0 rings (SSSR count). The normalized spacial score (nSPS) is 12.5. The zero-order valence-corrected chi connectivity index (χ0v) is 32.5. The second-order valence-electron chi connectivity index (χ2n) is 14.4. The zero-order valence-electron chi connectivity index (χ0n) is 32.5. The smallest absolute Gasteiger partial charge is 0.306 e. The summed E-state index contributed by atoms with van der Waals surface area (Å²) in [7, 11) is 0. The van der Waals surface area contributed by atoms with E-state index in [0.29, 0.717) is 19.6 Å². The maximum Gasteiger partial charge on any atom is 0.306 e. The molecule has 0 amide bonds. The van der Waals surface area contributed by atoms with Crippen molar-refractivity contribution in [1.29, 1.82) is 0 Å². The molecule has 284 valence electrons. The molecule has 0 bridgehead atoms. The average Bonchev–Trinajstić information content (AvgIpc) is 3.09. The highest BCUT2D eigenvalue weighted by Gasteiger charge is 2.13. The minimum atomic E-state index is -0.537. The third-order valence-electron chi connectivity index (χ3n) is 9.53. The molecule has 4 nitrogen and oxygen atoms in total. The van der Waals surface area contributed by atoms with Crippen molar-refractivity contribution in [2.24, 2.45) is 0 Å². The van der Waals surface area contributed by atoms with E-state index in [1.165, 1.54) is 167 Å². The average molecular weight is 677 g/mol. The van der Waals surface area contributed by atoms with Gasteiger partial charge in [0.15, 0.2) is 0 Å². The van der Waals surface area contributed by atoms with Crippen LogP contribution >= 0.6 is 0 Å². The Balaban J connectivity index is 3.39. The number of aliphatic hydroxyl groups excluding tert-OH is 1. The summed E-state index contributed by atoms with van der Waals surface area (Å²) in [6.07, 6.45) is 51.0. The van der Waals surface area contributed by atoms with Crippen molar-refractivity contribution in [3.05, 3.63) is 24.3 Å². The van der Waals surface area contributed by atoms with Gasteiger partial charge in [0, 0.05) is 13.0 Å². The van der Waals surface area contributed by atoms with Gasteiger partial charge in [0.1, 0.15) is 6.10 Å². The number of unbranched alkanes of at least 4 members (excludes halogenated alkanes) is 28. The monoisotopic (exact) mass is 677 g/mol. The Labute approximate surface area is 300 Å². The highest BCUT2D eigenvalue weighted by Crippen LogP contribution is 2.15. The number of hydrogen-bond acceptors (Lipinski definition) is 4. The number of carbonyl (C=O) groups is 1. The zero-order chi connectivity index (χ0) is 34.9. The van der Waals surface area contributed by atoms with Gasteiger partial charge in [-0.25, -0.2) is 0 Å². The van der Waals surface area contributed by atoms with Gasteiger partial charge >= 0.3 is 5.97 Å². The van der Waals surface area contributed by atoms with Gasteiger partial charge in [0.2, 0.25) is 0 Å². The van der Waals surface area contributed by atoms with E-state index in [1.54, 1.807) is 0 Å². The molecular weight excluding hydrogens is 592 g/mol. The molecular formula is C44H84O4. The van der Waals surface area contributed by atoms with Crippen LogP contribution in [-0.4, -0.2) is 37.0 Å². The van der Waals surface area contributed by atoms with E-state index in [-0.39, 0.29) is 12.6 Å². The van der Waals surface area contributed by atoms with Crippen LogP contribution in [-0.2, 0) is 14.3 Å². The summed E-state index contributed by atoms with van der Waals surface area (Å²) < 4.78 is 11.2. The molecule has 48 heavy (non-hydrogen) atoms. The fourth-order valence-electron chi connectivity index (χ4n) is 6.30. The minimum absolute atomic E-state index is 0.173. The van der Waals surface area contributed by atoms with E-state index in [2.05, 4.69) is 38.2 Å².